The molecule has 0 fully saturated rings. The lowest BCUT2D eigenvalue weighted by Gasteiger charge is -2.09. The predicted molar refractivity (Wildman–Crippen MR) is 74.7 cm³/mol. The summed E-state index contributed by atoms with van der Waals surface area (Å²) in [5.41, 5.74) is 5.13. The Morgan fingerprint density at radius 1 is 1.06 bits per heavy atom. The molecule has 0 N–H and O–H groups in total. The highest BCUT2D eigenvalue weighted by Crippen LogP contribution is 2.28. The number of pyridine rings is 1. The number of fused-ring (bicyclic) bond motifs is 1. The molecule has 0 unspecified atom stereocenters. The Bertz CT molecular complexity index is 695. The first-order chi connectivity index (χ1) is 8.81. The summed E-state index contributed by atoms with van der Waals surface area (Å²) in [6.07, 6.45) is 5.07. The number of hydrogen-bond acceptors (Lipinski definition) is 1. The number of hydrogen-bond donors (Lipinski definition) is 0. The molecular formula is C16H16N2. The second-order valence-corrected chi connectivity index (χ2v) is 4.49. The van der Waals surface area contributed by atoms with Gasteiger partial charge in [-0.15, -0.1) is 0 Å². The normalized spacial score (nSPS) is 11.0. The average molecular weight is 236 g/mol. The third-order valence-corrected chi connectivity index (χ3v) is 3.44. The Hall–Kier alpha value is -2.09. The van der Waals surface area contributed by atoms with Crippen molar-refractivity contribution in [1.29, 1.82) is 0 Å². The van der Waals surface area contributed by atoms with E-state index in [0.717, 1.165) is 12.2 Å². The largest absolute Gasteiger partial charge is 0.303 e. The summed E-state index contributed by atoms with van der Waals surface area (Å²) >= 11 is 0. The Morgan fingerprint density at radius 3 is 2.67 bits per heavy atom. The van der Waals surface area contributed by atoms with Crippen LogP contribution in [0.1, 0.15) is 18.3 Å². The summed E-state index contributed by atoms with van der Waals surface area (Å²) in [5, 5.41) is 0. The minimum atomic E-state index is 1.03. The van der Waals surface area contributed by atoms with Crippen molar-refractivity contribution in [2.75, 3.05) is 0 Å². The van der Waals surface area contributed by atoms with Gasteiger partial charge in [0.2, 0.25) is 0 Å². The molecule has 1 aromatic carbocycles. The number of aromatic nitrogens is 2. The predicted octanol–water partition coefficient (Wildman–Crippen LogP) is 3.87. The van der Waals surface area contributed by atoms with Crippen LogP contribution < -0.4 is 0 Å². The molecule has 18 heavy (non-hydrogen) atoms. The maximum Gasteiger partial charge on any atom is 0.110 e. The molecule has 0 aliphatic rings. The molecule has 2 nitrogen and oxygen atoms in total. The third-order valence-electron chi connectivity index (χ3n) is 3.44. The number of imidazole rings is 1. The number of rotatable bonds is 2. The van der Waals surface area contributed by atoms with Gasteiger partial charge in [-0.25, -0.2) is 4.98 Å². The molecule has 0 saturated heterocycles. The van der Waals surface area contributed by atoms with Gasteiger partial charge in [-0.2, -0.15) is 0 Å². The zero-order chi connectivity index (χ0) is 12.5. The molecule has 0 saturated carbocycles. The van der Waals surface area contributed by atoms with Crippen molar-refractivity contribution in [2.24, 2.45) is 0 Å². The average Bonchev–Trinajstić information content (AvgIpc) is 2.81. The van der Waals surface area contributed by atoms with Crippen LogP contribution in [-0.2, 0) is 6.42 Å². The van der Waals surface area contributed by atoms with Crippen LogP contribution in [0.3, 0.4) is 0 Å². The van der Waals surface area contributed by atoms with Crippen LogP contribution in [0.25, 0.3) is 16.6 Å². The number of benzene rings is 1. The van der Waals surface area contributed by atoms with Crippen molar-refractivity contribution in [2.45, 2.75) is 20.3 Å². The van der Waals surface area contributed by atoms with Crippen molar-refractivity contribution < 1.29 is 0 Å². The second-order valence-electron chi connectivity index (χ2n) is 4.49. The molecule has 2 aromatic heterocycles. The lowest BCUT2D eigenvalue weighted by molar-refractivity contribution is 1.04. The summed E-state index contributed by atoms with van der Waals surface area (Å²) < 4.78 is 2.14. The van der Waals surface area contributed by atoms with Gasteiger partial charge >= 0.3 is 0 Å². The van der Waals surface area contributed by atoms with Crippen LogP contribution in [0, 0.1) is 6.92 Å². The van der Waals surface area contributed by atoms with Crippen LogP contribution in [-0.4, -0.2) is 9.38 Å². The number of aryl methyl sites for hydroxylation is 2. The van der Waals surface area contributed by atoms with Gasteiger partial charge in [0.1, 0.15) is 5.82 Å². The molecule has 3 aromatic rings. The molecule has 90 valence electrons. The van der Waals surface area contributed by atoms with Crippen LogP contribution in [0.5, 0.6) is 0 Å². The standard InChI is InChI=1S/C16H16N2/c1-3-13-7-4-5-8-14(13)15-9-6-10-18-12(2)17-11-16(15)18/h4-11H,3H2,1-2H3. The monoisotopic (exact) mass is 236 g/mol. The number of nitrogens with zero attached hydrogens (tertiary/aromatic N) is 2. The zero-order valence-corrected chi connectivity index (χ0v) is 10.7. The Morgan fingerprint density at radius 2 is 1.83 bits per heavy atom. The fraction of sp³-hybridized carbons (Fsp3) is 0.188. The van der Waals surface area contributed by atoms with E-state index in [1.807, 2.05) is 13.1 Å². The highest BCUT2D eigenvalue weighted by molar-refractivity contribution is 5.81. The maximum absolute atomic E-state index is 4.40. The highest BCUT2D eigenvalue weighted by atomic mass is 15.0. The maximum atomic E-state index is 4.40. The molecule has 0 aliphatic heterocycles. The lowest BCUT2D eigenvalue weighted by Crippen LogP contribution is -1.92. The lowest BCUT2D eigenvalue weighted by atomic mass is 9.98. The molecule has 0 bridgehead atoms. The van der Waals surface area contributed by atoms with E-state index in [0.29, 0.717) is 0 Å². The molecule has 0 aliphatic carbocycles. The van der Waals surface area contributed by atoms with E-state index in [1.54, 1.807) is 0 Å². The molecular weight excluding hydrogens is 220 g/mol. The topological polar surface area (TPSA) is 17.3 Å². The Balaban J connectivity index is 2.31. The quantitative estimate of drug-likeness (QED) is 0.660. The van der Waals surface area contributed by atoms with Crippen LogP contribution in [0.2, 0.25) is 0 Å². The Kier molecular flexibility index (Phi) is 2.63. The third kappa shape index (κ3) is 1.61. The Labute approximate surface area is 107 Å². The van der Waals surface area contributed by atoms with E-state index in [1.165, 1.54) is 22.2 Å². The minimum absolute atomic E-state index is 1.03. The highest BCUT2D eigenvalue weighted by Gasteiger charge is 2.08. The fourth-order valence-corrected chi connectivity index (χ4v) is 2.47. The summed E-state index contributed by atoms with van der Waals surface area (Å²) in [7, 11) is 0. The van der Waals surface area contributed by atoms with E-state index < -0.39 is 0 Å². The van der Waals surface area contributed by atoms with Crippen LogP contribution in [0.4, 0.5) is 0 Å². The summed E-state index contributed by atoms with van der Waals surface area (Å²) in [6.45, 7) is 4.23. The van der Waals surface area contributed by atoms with Gasteiger partial charge < -0.3 is 4.40 Å². The zero-order valence-electron chi connectivity index (χ0n) is 10.7. The van der Waals surface area contributed by atoms with Crippen molar-refractivity contribution in [3.05, 3.63) is 60.2 Å². The van der Waals surface area contributed by atoms with E-state index in [4.69, 9.17) is 0 Å². The van der Waals surface area contributed by atoms with Gasteiger partial charge in [0.05, 0.1) is 11.7 Å². The summed E-state index contributed by atoms with van der Waals surface area (Å²) in [5.74, 6) is 1.03. The van der Waals surface area contributed by atoms with E-state index >= 15 is 0 Å². The minimum Gasteiger partial charge on any atom is -0.303 e. The van der Waals surface area contributed by atoms with Crippen molar-refractivity contribution in [3.8, 4) is 11.1 Å². The molecule has 0 spiro atoms. The van der Waals surface area contributed by atoms with Gasteiger partial charge in [-0.1, -0.05) is 37.3 Å². The fourth-order valence-electron chi connectivity index (χ4n) is 2.47. The van der Waals surface area contributed by atoms with E-state index in [9.17, 15) is 0 Å². The molecule has 2 heterocycles. The first-order valence-electron chi connectivity index (χ1n) is 6.32. The molecule has 2 heteroatoms. The van der Waals surface area contributed by atoms with Gasteiger partial charge in [0.15, 0.2) is 0 Å². The molecule has 3 rings (SSSR count). The summed E-state index contributed by atoms with van der Waals surface area (Å²) in [4.78, 5) is 4.40. The summed E-state index contributed by atoms with van der Waals surface area (Å²) in [6, 6.07) is 12.8. The van der Waals surface area contributed by atoms with Crippen LogP contribution >= 0.6 is 0 Å². The van der Waals surface area contributed by atoms with Gasteiger partial charge in [-0.05, 0) is 30.5 Å². The van der Waals surface area contributed by atoms with Crippen molar-refractivity contribution in [3.63, 3.8) is 0 Å². The molecule has 0 amide bonds. The van der Waals surface area contributed by atoms with Crippen molar-refractivity contribution >= 4 is 5.52 Å². The van der Waals surface area contributed by atoms with E-state index in [2.05, 4.69) is 58.9 Å². The van der Waals surface area contributed by atoms with Gasteiger partial charge in [0.25, 0.3) is 0 Å². The SMILES string of the molecule is CCc1ccccc1-c1cccn2c(C)ncc12. The van der Waals surface area contributed by atoms with Gasteiger partial charge in [0, 0.05) is 11.8 Å². The smallest absolute Gasteiger partial charge is 0.110 e. The first-order valence-corrected chi connectivity index (χ1v) is 6.32. The van der Waals surface area contributed by atoms with Crippen molar-refractivity contribution in [1.82, 2.24) is 9.38 Å². The van der Waals surface area contributed by atoms with Crippen LogP contribution in [0.15, 0.2) is 48.8 Å². The molecule has 0 radical (unpaired) electrons. The van der Waals surface area contributed by atoms with Gasteiger partial charge in [-0.3, -0.25) is 0 Å². The first kappa shape index (κ1) is 11.0. The molecule has 0 atom stereocenters. The second kappa shape index (κ2) is 4.30. The van der Waals surface area contributed by atoms with E-state index in [-0.39, 0.29) is 0 Å².